The van der Waals surface area contributed by atoms with Crippen LogP contribution in [0, 0.1) is 13.8 Å². The van der Waals surface area contributed by atoms with Crippen molar-refractivity contribution in [2.45, 2.75) is 20.4 Å². The van der Waals surface area contributed by atoms with E-state index in [2.05, 4.69) is 15.5 Å². The number of nitrogens with one attached hydrogen (secondary N) is 1. The average molecular weight is 457 g/mol. The molecule has 34 heavy (non-hydrogen) atoms. The summed E-state index contributed by atoms with van der Waals surface area (Å²) in [4.78, 5) is 24.5. The van der Waals surface area contributed by atoms with Gasteiger partial charge in [0.25, 0.3) is 11.8 Å². The average Bonchev–Trinajstić information content (AvgIpc) is 3.07. The molecule has 0 aliphatic carbocycles. The number of aromatic hydroxyl groups is 2. The second-order valence-electron chi connectivity index (χ2n) is 8.05. The first kappa shape index (κ1) is 22.7. The Labute approximate surface area is 196 Å². The van der Waals surface area contributed by atoms with Gasteiger partial charge in [-0.1, -0.05) is 48.0 Å². The molecule has 3 aromatic carbocycles. The smallest absolute Gasteiger partial charge is 0.295 e. The fourth-order valence-electron chi connectivity index (χ4n) is 3.74. The van der Waals surface area contributed by atoms with Crippen molar-refractivity contribution in [2.24, 2.45) is 10.2 Å². The van der Waals surface area contributed by atoms with Crippen LogP contribution in [0.3, 0.4) is 0 Å². The third kappa shape index (κ3) is 4.80. The molecule has 4 aromatic rings. The van der Waals surface area contributed by atoms with Crippen LogP contribution in [-0.4, -0.2) is 33.1 Å². The molecule has 1 aromatic heterocycles. The van der Waals surface area contributed by atoms with Crippen LogP contribution in [0.25, 0.3) is 10.8 Å². The van der Waals surface area contributed by atoms with Crippen molar-refractivity contribution in [3.8, 4) is 11.8 Å². The number of azo groups is 1. The Morgan fingerprint density at radius 1 is 0.882 bits per heavy atom. The van der Waals surface area contributed by atoms with E-state index in [1.54, 1.807) is 0 Å². The van der Waals surface area contributed by atoms with Crippen LogP contribution in [0.2, 0.25) is 0 Å². The first-order chi connectivity index (χ1) is 16.3. The van der Waals surface area contributed by atoms with E-state index in [1.807, 2.05) is 62.4 Å². The van der Waals surface area contributed by atoms with Crippen LogP contribution in [0.5, 0.6) is 11.8 Å². The number of carbonyl (C=O) groups excluding carboxylic acids is 2. The van der Waals surface area contributed by atoms with Crippen molar-refractivity contribution in [2.75, 3.05) is 11.9 Å². The predicted molar refractivity (Wildman–Crippen MR) is 129 cm³/mol. The summed E-state index contributed by atoms with van der Waals surface area (Å²) < 4.78 is 1.36. The number of nitrogens with zero attached hydrogens (tertiary/aromatic N) is 3. The Morgan fingerprint density at radius 2 is 1.62 bits per heavy atom. The van der Waals surface area contributed by atoms with E-state index in [0.717, 1.165) is 22.4 Å². The van der Waals surface area contributed by atoms with Gasteiger partial charge in [-0.15, -0.1) is 10.2 Å². The molecule has 172 valence electrons. The molecule has 0 spiro atoms. The number of rotatable bonds is 6. The molecule has 0 fully saturated rings. The van der Waals surface area contributed by atoms with E-state index < -0.39 is 11.8 Å². The van der Waals surface area contributed by atoms with Crippen molar-refractivity contribution in [1.29, 1.82) is 0 Å². The number of anilines is 1. The standard InChI is InChI=1S/C26H24N4O4/c1-16-8-11-22(17(2)12-16)27-14-23(31)28-29-24(32)19-9-10-20-21(13-19)26(34)30(25(20)33)15-18-6-4-3-5-7-18/h3-13,27,33-34H,14-15H2,1-2H3. The highest BCUT2D eigenvalue weighted by molar-refractivity contribution is 6.02. The molecule has 1 heterocycles. The van der Waals surface area contributed by atoms with Crippen LogP contribution >= 0.6 is 0 Å². The molecule has 0 aliphatic heterocycles. The van der Waals surface area contributed by atoms with Gasteiger partial charge in [0.15, 0.2) is 0 Å². The van der Waals surface area contributed by atoms with Crippen LogP contribution < -0.4 is 5.32 Å². The predicted octanol–water partition coefficient (Wildman–Crippen LogP) is 4.95. The molecule has 4 rings (SSSR count). The maximum absolute atomic E-state index is 12.5. The lowest BCUT2D eigenvalue weighted by atomic mass is 10.1. The van der Waals surface area contributed by atoms with E-state index in [1.165, 1.54) is 22.8 Å². The molecule has 0 atom stereocenters. The second-order valence-corrected chi connectivity index (χ2v) is 8.05. The molecular weight excluding hydrogens is 432 g/mol. The molecule has 0 saturated heterocycles. The Morgan fingerprint density at radius 3 is 2.35 bits per heavy atom. The number of aromatic nitrogens is 1. The lowest BCUT2D eigenvalue weighted by Crippen LogP contribution is -2.12. The van der Waals surface area contributed by atoms with Gasteiger partial charge >= 0.3 is 0 Å². The van der Waals surface area contributed by atoms with Crippen LogP contribution in [-0.2, 0) is 11.3 Å². The van der Waals surface area contributed by atoms with Gasteiger partial charge in [0.1, 0.15) is 0 Å². The largest absolute Gasteiger partial charge is 0.494 e. The third-order valence-electron chi connectivity index (χ3n) is 5.51. The van der Waals surface area contributed by atoms with E-state index >= 15 is 0 Å². The lowest BCUT2D eigenvalue weighted by molar-refractivity contribution is -0.116. The zero-order chi connectivity index (χ0) is 24.2. The number of carbonyl (C=O) groups is 2. The minimum absolute atomic E-state index is 0.100. The van der Waals surface area contributed by atoms with Gasteiger partial charge in [0, 0.05) is 22.0 Å². The van der Waals surface area contributed by atoms with E-state index in [9.17, 15) is 19.8 Å². The van der Waals surface area contributed by atoms with Gasteiger partial charge in [-0.3, -0.25) is 14.2 Å². The number of aryl methyl sites for hydroxylation is 2. The van der Waals surface area contributed by atoms with Crippen molar-refractivity contribution < 1.29 is 19.8 Å². The zero-order valence-electron chi connectivity index (χ0n) is 18.8. The van der Waals surface area contributed by atoms with Crippen molar-refractivity contribution >= 4 is 28.3 Å². The topological polar surface area (TPSA) is 116 Å². The summed E-state index contributed by atoms with van der Waals surface area (Å²) in [6.45, 7) is 4.08. The molecule has 0 aliphatic rings. The molecule has 0 unspecified atom stereocenters. The summed E-state index contributed by atoms with van der Waals surface area (Å²) in [6, 6.07) is 19.6. The summed E-state index contributed by atoms with van der Waals surface area (Å²) >= 11 is 0. The fraction of sp³-hybridized carbons (Fsp3) is 0.154. The summed E-state index contributed by atoms with van der Waals surface area (Å²) in [6.07, 6.45) is 0. The summed E-state index contributed by atoms with van der Waals surface area (Å²) in [5.41, 5.74) is 3.95. The summed E-state index contributed by atoms with van der Waals surface area (Å²) in [7, 11) is 0. The van der Waals surface area contributed by atoms with Crippen molar-refractivity contribution in [1.82, 2.24) is 4.57 Å². The van der Waals surface area contributed by atoms with Gasteiger partial charge < -0.3 is 15.5 Å². The minimum Gasteiger partial charge on any atom is -0.494 e. The lowest BCUT2D eigenvalue weighted by Gasteiger charge is -2.07. The Hall–Kier alpha value is -4.46. The third-order valence-corrected chi connectivity index (χ3v) is 5.51. The van der Waals surface area contributed by atoms with Gasteiger partial charge in [-0.05, 0) is 49.2 Å². The van der Waals surface area contributed by atoms with Crippen LogP contribution in [0.15, 0.2) is 77.0 Å². The van der Waals surface area contributed by atoms with Gasteiger partial charge in [-0.25, -0.2) is 0 Å². The highest BCUT2D eigenvalue weighted by Gasteiger charge is 2.18. The maximum atomic E-state index is 12.5. The monoisotopic (exact) mass is 456 g/mol. The normalized spacial score (nSPS) is 11.2. The summed E-state index contributed by atoms with van der Waals surface area (Å²) in [5.74, 6) is -1.60. The Bertz CT molecular complexity index is 1410. The molecule has 0 saturated carbocycles. The molecule has 2 amide bonds. The molecule has 8 nitrogen and oxygen atoms in total. The second kappa shape index (κ2) is 9.58. The molecule has 8 heteroatoms. The highest BCUT2D eigenvalue weighted by atomic mass is 16.3. The van der Waals surface area contributed by atoms with Gasteiger partial charge in [0.05, 0.1) is 13.1 Å². The Balaban J connectivity index is 1.47. The number of benzene rings is 3. The molecule has 3 N–H and O–H groups in total. The SMILES string of the molecule is Cc1ccc(NCC(=O)N=NC(=O)c2ccc3c(O)n(Cc4ccccc4)c(O)c3c2)c(C)c1. The molecule has 0 bridgehead atoms. The van der Waals surface area contributed by atoms with Gasteiger partial charge in [0.2, 0.25) is 11.8 Å². The zero-order valence-corrected chi connectivity index (χ0v) is 18.8. The van der Waals surface area contributed by atoms with Crippen LogP contribution in [0.1, 0.15) is 27.0 Å². The van der Waals surface area contributed by atoms with E-state index in [-0.39, 0.29) is 30.4 Å². The molecule has 0 radical (unpaired) electrons. The van der Waals surface area contributed by atoms with E-state index in [0.29, 0.717) is 10.8 Å². The Kier molecular flexibility index (Phi) is 6.40. The first-order valence-corrected chi connectivity index (χ1v) is 10.7. The first-order valence-electron chi connectivity index (χ1n) is 10.7. The quantitative estimate of drug-likeness (QED) is 0.355. The highest BCUT2D eigenvalue weighted by Crippen LogP contribution is 2.37. The number of fused-ring (bicyclic) bond motifs is 1. The number of hydrogen-bond donors (Lipinski definition) is 3. The van der Waals surface area contributed by atoms with Gasteiger partial charge in [-0.2, -0.15) is 0 Å². The fourth-order valence-corrected chi connectivity index (χ4v) is 3.74. The maximum Gasteiger partial charge on any atom is 0.295 e. The van der Waals surface area contributed by atoms with E-state index in [4.69, 9.17) is 0 Å². The summed E-state index contributed by atoms with van der Waals surface area (Å²) in [5, 5.41) is 31.9. The van der Waals surface area contributed by atoms with Crippen molar-refractivity contribution in [3.63, 3.8) is 0 Å². The molecular formula is C26H24N4O4. The minimum atomic E-state index is -0.725. The number of amides is 2. The number of hydrogen-bond acceptors (Lipinski definition) is 5. The van der Waals surface area contributed by atoms with Crippen LogP contribution in [0.4, 0.5) is 5.69 Å². The van der Waals surface area contributed by atoms with Crippen molar-refractivity contribution in [3.05, 3.63) is 89.0 Å².